The number of ether oxygens (including phenoxy) is 1. The van der Waals surface area contributed by atoms with E-state index in [2.05, 4.69) is 29.1 Å². The molecule has 7 atom stereocenters. The topological polar surface area (TPSA) is 87.1 Å². The molecule has 3 aliphatic heterocycles. The Morgan fingerprint density at radius 1 is 1.34 bits per heavy atom. The number of carbonyl (C=O) groups excluding carboxylic acids is 3. The number of anilines is 1. The molecule has 0 saturated carbocycles. The van der Waals surface area contributed by atoms with Crippen LogP contribution in [0.15, 0.2) is 49.6 Å². The van der Waals surface area contributed by atoms with Crippen LogP contribution in [0.2, 0.25) is 5.02 Å². The van der Waals surface area contributed by atoms with Crippen molar-refractivity contribution in [2.24, 2.45) is 17.8 Å². The maximum atomic E-state index is 14.6. The molecule has 7 nitrogen and oxygen atoms in total. The average molecular weight is 626 g/mol. The third kappa shape index (κ3) is 4.84. The number of carbonyl (C=O) groups is 3. The molecule has 2 bridgehead atoms. The maximum Gasteiger partial charge on any atom is 0.311 e. The van der Waals surface area contributed by atoms with Gasteiger partial charge in [-0.25, -0.2) is 0 Å². The van der Waals surface area contributed by atoms with Crippen molar-refractivity contribution in [2.75, 3.05) is 24.7 Å². The van der Waals surface area contributed by atoms with Crippen LogP contribution in [0, 0.1) is 17.8 Å². The molecule has 0 radical (unpaired) electrons. The third-order valence-electron chi connectivity index (χ3n) is 7.65. The number of nitrogens with zero attached hydrogens (tertiary/aromatic N) is 2. The Bertz CT molecular complexity index is 1120. The Hall–Kier alpha value is -1.81. The van der Waals surface area contributed by atoms with Crippen LogP contribution in [0.4, 0.5) is 5.69 Å². The molecule has 0 aliphatic carbocycles. The number of likely N-dealkylation sites (tertiary alicyclic amines) is 1. The number of halogens is 2. The number of rotatable bonds is 11. The third-order valence-corrected chi connectivity index (χ3v) is 11.2. The lowest BCUT2D eigenvalue weighted by atomic mass is 9.71. The molecule has 38 heavy (non-hydrogen) atoms. The first-order valence-corrected chi connectivity index (χ1v) is 15.0. The molecule has 1 aromatic carbocycles. The van der Waals surface area contributed by atoms with Gasteiger partial charge < -0.3 is 19.6 Å². The lowest BCUT2D eigenvalue weighted by Crippen LogP contribution is -2.58. The number of para-hydroxylation sites is 1. The molecule has 3 saturated heterocycles. The molecule has 3 unspecified atom stereocenters. The van der Waals surface area contributed by atoms with Crippen molar-refractivity contribution in [3.05, 3.63) is 54.6 Å². The predicted molar refractivity (Wildman–Crippen MR) is 155 cm³/mol. The van der Waals surface area contributed by atoms with Gasteiger partial charge in [0.25, 0.3) is 5.91 Å². The van der Waals surface area contributed by atoms with E-state index in [9.17, 15) is 19.5 Å². The van der Waals surface area contributed by atoms with E-state index in [0.29, 0.717) is 23.6 Å². The Morgan fingerprint density at radius 3 is 2.66 bits per heavy atom. The zero-order valence-electron chi connectivity index (χ0n) is 21.6. The normalized spacial score (nSPS) is 30.3. The van der Waals surface area contributed by atoms with Gasteiger partial charge in [-0.2, -0.15) is 0 Å². The monoisotopic (exact) mass is 624 g/mol. The molecule has 1 spiro atoms. The van der Waals surface area contributed by atoms with Gasteiger partial charge in [0.15, 0.2) is 0 Å². The van der Waals surface area contributed by atoms with Crippen LogP contribution >= 0.6 is 39.3 Å². The second-order valence-corrected chi connectivity index (χ2v) is 13.6. The highest BCUT2D eigenvalue weighted by Gasteiger charge is 2.76. The summed E-state index contributed by atoms with van der Waals surface area (Å²) >= 11 is 11.8. The van der Waals surface area contributed by atoms with E-state index in [1.807, 2.05) is 13.8 Å². The first-order chi connectivity index (χ1) is 18.1. The summed E-state index contributed by atoms with van der Waals surface area (Å²) in [6, 6.07) is 5.58. The minimum absolute atomic E-state index is 0.0475. The van der Waals surface area contributed by atoms with Crippen molar-refractivity contribution in [1.29, 1.82) is 0 Å². The van der Waals surface area contributed by atoms with E-state index in [0.717, 1.165) is 0 Å². The number of aliphatic hydroxyl groups excluding tert-OH is 1. The van der Waals surface area contributed by atoms with Crippen molar-refractivity contribution in [3.8, 4) is 0 Å². The fourth-order valence-corrected chi connectivity index (χ4v) is 10.1. The molecule has 3 heterocycles. The second-order valence-electron chi connectivity index (χ2n) is 10.5. The molecule has 0 aromatic heterocycles. The van der Waals surface area contributed by atoms with Crippen molar-refractivity contribution >= 4 is 62.8 Å². The summed E-state index contributed by atoms with van der Waals surface area (Å²) in [6.45, 7) is 11.4. The highest BCUT2D eigenvalue weighted by molar-refractivity contribution is 9.09. The molecule has 3 fully saturated rings. The lowest BCUT2D eigenvalue weighted by Gasteiger charge is -2.40. The van der Waals surface area contributed by atoms with E-state index in [4.69, 9.17) is 16.3 Å². The molecule has 1 N–H and O–H groups in total. The van der Waals surface area contributed by atoms with E-state index < -0.39 is 34.6 Å². The maximum absolute atomic E-state index is 14.6. The first kappa shape index (κ1) is 29.2. The molecule has 10 heteroatoms. The van der Waals surface area contributed by atoms with Gasteiger partial charge in [0.2, 0.25) is 5.91 Å². The fraction of sp³-hybridized carbons (Fsp3) is 0.536. The van der Waals surface area contributed by atoms with E-state index in [-0.39, 0.29) is 47.6 Å². The zero-order chi connectivity index (χ0) is 27.8. The number of alkyl halides is 1. The van der Waals surface area contributed by atoms with Gasteiger partial charge in [0.05, 0.1) is 39.9 Å². The van der Waals surface area contributed by atoms with Crippen molar-refractivity contribution in [3.63, 3.8) is 0 Å². The predicted octanol–water partition coefficient (Wildman–Crippen LogP) is 4.46. The quantitative estimate of drug-likeness (QED) is 0.222. The molecule has 4 rings (SSSR count). The Labute approximate surface area is 241 Å². The molecule has 2 amide bonds. The smallest absolute Gasteiger partial charge is 0.311 e. The van der Waals surface area contributed by atoms with Gasteiger partial charge in [-0.15, -0.1) is 18.3 Å². The van der Waals surface area contributed by atoms with Crippen LogP contribution in [0.3, 0.4) is 0 Å². The van der Waals surface area contributed by atoms with Gasteiger partial charge in [-0.1, -0.05) is 72.2 Å². The molecule has 1 aromatic rings. The van der Waals surface area contributed by atoms with Crippen LogP contribution in [0.1, 0.15) is 26.7 Å². The first-order valence-electron chi connectivity index (χ1n) is 12.8. The van der Waals surface area contributed by atoms with Crippen molar-refractivity contribution < 1.29 is 24.2 Å². The second kappa shape index (κ2) is 11.7. The highest BCUT2D eigenvalue weighted by Crippen LogP contribution is 2.68. The van der Waals surface area contributed by atoms with Crippen LogP contribution < -0.4 is 4.90 Å². The van der Waals surface area contributed by atoms with Gasteiger partial charge >= 0.3 is 5.97 Å². The van der Waals surface area contributed by atoms with Gasteiger partial charge in [0.1, 0.15) is 12.6 Å². The Balaban J connectivity index is 1.85. The van der Waals surface area contributed by atoms with Crippen LogP contribution in [0.5, 0.6) is 0 Å². The van der Waals surface area contributed by atoms with Crippen molar-refractivity contribution in [1.82, 2.24) is 4.90 Å². The minimum Gasteiger partial charge on any atom is -0.461 e. The van der Waals surface area contributed by atoms with Crippen LogP contribution in [-0.4, -0.2) is 74.5 Å². The number of aliphatic hydroxyl groups is 1. The minimum atomic E-state index is -0.903. The molecule has 206 valence electrons. The number of fused-ring (bicyclic) bond motifs is 1. The number of hydrogen-bond acceptors (Lipinski definition) is 6. The van der Waals surface area contributed by atoms with E-state index >= 15 is 0 Å². The number of hydrogen-bond donors (Lipinski definition) is 1. The lowest BCUT2D eigenvalue weighted by molar-refractivity contribution is -0.153. The van der Waals surface area contributed by atoms with Crippen LogP contribution in [-0.2, 0) is 19.1 Å². The standard InChI is InChI=1S/C28H34BrClN2O5S/c1-5-11-31(20-10-8-7-9-19(20)30)26(35)24-28-14-18(29)23(38-28)21(27(36)37-12-6-2)22(28)25(34)32(24)17(15-33)13-16(3)4/h5-10,16-18,21-24,33H,1-2,11-15H2,3-4H3/t17-,18?,21+,22+,23+,24?,28?/m1/s1. The molecule has 3 aliphatic rings. The Morgan fingerprint density at radius 2 is 2.05 bits per heavy atom. The van der Waals surface area contributed by atoms with E-state index in [1.165, 1.54) is 17.8 Å². The average Bonchev–Trinajstić information content (AvgIpc) is 3.47. The number of thioether (sulfide) groups is 1. The summed E-state index contributed by atoms with van der Waals surface area (Å²) in [6.07, 6.45) is 4.16. The van der Waals surface area contributed by atoms with Gasteiger partial charge in [-0.3, -0.25) is 14.4 Å². The highest BCUT2D eigenvalue weighted by atomic mass is 79.9. The largest absolute Gasteiger partial charge is 0.461 e. The van der Waals surface area contributed by atoms with Crippen molar-refractivity contribution in [2.45, 2.75) is 53.6 Å². The Kier molecular flexibility index (Phi) is 9.02. The summed E-state index contributed by atoms with van der Waals surface area (Å²) in [4.78, 5) is 45.2. The van der Waals surface area contributed by atoms with Gasteiger partial charge in [-0.05, 0) is 30.9 Å². The number of esters is 1. The summed E-state index contributed by atoms with van der Waals surface area (Å²) in [5, 5.41) is 10.6. The summed E-state index contributed by atoms with van der Waals surface area (Å²) in [7, 11) is 0. The number of amides is 2. The van der Waals surface area contributed by atoms with Crippen LogP contribution in [0.25, 0.3) is 0 Å². The molecular weight excluding hydrogens is 592 g/mol. The fourth-order valence-electron chi connectivity index (χ4n) is 6.32. The zero-order valence-corrected chi connectivity index (χ0v) is 24.8. The SMILES string of the molecule is C=CCOC(=O)[C@H]1[C@H]2C(=O)N([C@@H](CO)CC(C)C)C(C(=O)N(CC=C)c3ccccc3Cl)C23CC(Br)[C@@H]1S3. The van der Waals surface area contributed by atoms with Gasteiger partial charge in [0, 0.05) is 16.6 Å². The molecular formula is C28H34BrClN2O5S. The van der Waals surface area contributed by atoms with E-state index in [1.54, 1.807) is 40.1 Å². The summed E-state index contributed by atoms with van der Waals surface area (Å²) in [5.41, 5.74) is 0.519. The summed E-state index contributed by atoms with van der Waals surface area (Å²) in [5.74, 6) is -2.33. The summed E-state index contributed by atoms with van der Waals surface area (Å²) < 4.78 is 4.58. The number of benzene rings is 1.